The lowest BCUT2D eigenvalue weighted by atomic mass is 9.95. The summed E-state index contributed by atoms with van der Waals surface area (Å²) in [5, 5.41) is 3.26. The normalized spacial score (nSPS) is 34.5. The molecule has 0 aromatic rings. The van der Waals surface area contributed by atoms with Crippen LogP contribution in [0.15, 0.2) is 0 Å². The molecule has 5 nitrogen and oxygen atoms in total. The molecule has 2 saturated heterocycles. The van der Waals surface area contributed by atoms with Crippen molar-refractivity contribution in [2.45, 2.75) is 38.3 Å². The SMILES string of the molecule is CCC[C@H]1C(=O)N(S(C)(=O)=O)[C@H]2CCN[C@H]12. The summed E-state index contributed by atoms with van der Waals surface area (Å²) in [7, 11) is -3.41. The summed E-state index contributed by atoms with van der Waals surface area (Å²) in [5.41, 5.74) is 0. The Balaban J connectivity index is 2.31. The molecular weight excluding hydrogens is 228 g/mol. The van der Waals surface area contributed by atoms with Crippen molar-refractivity contribution < 1.29 is 13.2 Å². The first kappa shape index (κ1) is 11.9. The van der Waals surface area contributed by atoms with Crippen molar-refractivity contribution in [2.24, 2.45) is 5.92 Å². The van der Waals surface area contributed by atoms with Crippen LogP contribution in [-0.2, 0) is 14.8 Å². The van der Waals surface area contributed by atoms with E-state index < -0.39 is 10.0 Å². The number of carbonyl (C=O) groups is 1. The summed E-state index contributed by atoms with van der Waals surface area (Å²) in [6.45, 7) is 2.81. The summed E-state index contributed by atoms with van der Waals surface area (Å²) in [4.78, 5) is 12.1. The van der Waals surface area contributed by atoms with Gasteiger partial charge >= 0.3 is 0 Å². The minimum absolute atomic E-state index is 0.0298. The van der Waals surface area contributed by atoms with E-state index in [0.717, 1.165) is 36.4 Å². The molecule has 0 radical (unpaired) electrons. The van der Waals surface area contributed by atoms with Crippen LogP contribution in [0.25, 0.3) is 0 Å². The Morgan fingerprint density at radius 2 is 2.19 bits per heavy atom. The van der Waals surface area contributed by atoms with Crippen LogP contribution in [0.3, 0.4) is 0 Å². The third kappa shape index (κ3) is 1.73. The Bertz CT molecular complexity index is 393. The zero-order valence-electron chi connectivity index (χ0n) is 9.64. The standard InChI is InChI=1S/C10H18N2O3S/c1-3-4-7-9-8(5-6-11-9)12(10(7)13)16(2,14)15/h7-9,11H,3-6H2,1-2H3/t7-,8+,9-/m1/s1. The van der Waals surface area contributed by atoms with E-state index >= 15 is 0 Å². The number of nitrogens with zero attached hydrogens (tertiary/aromatic N) is 1. The maximum Gasteiger partial charge on any atom is 0.241 e. The van der Waals surface area contributed by atoms with Gasteiger partial charge in [-0.1, -0.05) is 13.3 Å². The number of carbonyl (C=O) groups excluding carboxylic acids is 1. The Labute approximate surface area is 96.2 Å². The molecule has 92 valence electrons. The fourth-order valence-corrected chi connectivity index (χ4v) is 4.08. The van der Waals surface area contributed by atoms with Gasteiger partial charge in [0.15, 0.2) is 0 Å². The molecular formula is C10H18N2O3S. The summed E-state index contributed by atoms with van der Waals surface area (Å²) in [6, 6.07) is -0.124. The van der Waals surface area contributed by atoms with E-state index in [1.165, 1.54) is 0 Å². The first-order valence-electron chi connectivity index (χ1n) is 5.73. The van der Waals surface area contributed by atoms with E-state index in [9.17, 15) is 13.2 Å². The van der Waals surface area contributed by atoms with Crippen LogP contribution in [0.5, 0.6) is 0 Å². The van der Waals surface area contributed by atoms with Gasteiger partial charge in [0.25, 0.3) is 0 Å². The molecule has 2 heterocycles. The van der Waals surface area contributed by atoms with Gasteiger partial charge in [0, 0.05) is 6.04 Å². The van der Waals surface area contributed by atoms with Crippen molar-refractivity contribution in [3.63, 3.8) is 0 Å². The lowest BCUT2D eigenvalue weighted by molar-refractivity contribution is -0.128. The fourth-order valence-electron chi connectivity index (χ4n) is 2.89. The molecule has 2 aliphatic rings. The number of sulfonamides is 1. The average Bonchev–Trinajstić information content (AvgIpc) is 2.68. The van der Waals surface area contributed by atoms with Crippen molar-refractivity contribution >= 4 is 15.9 Å². The average molecular weight is 246 g/mol. The van der Waals surface area contributed by atoms with E-state index in [4.69, 9.17) is 0 Å². The fraction of sp³-hybridized carbons (Fsp3) is 0.900. The number of hydrogen-bond acceptors (Lipinski definition) is 4. The Hall–Kier alpha value is -0.620. The first-order valence-corrected chi connectivity index (χ1v) is 7.58. The van der Waals surface area contributed by atoms with Crippen LogP contribution >= 0.6 is 0 Å². The lowest BCUT2D eigenvalue weighted by Crippen LogP contribution is -2.39. The highest BCUT2D eigenvalue weighted by Crippen LogP contribution is 2.34. The maximum atomic E-state index is 12.1. The zero-order valence-corrected chi connectivity index (χ0v) is 10.5. The molecule has 0 aromatic carbocycles. The second-order valence-electron chi connectivity index (χ2n) is 4.63. The molecule has 0 aliphatic carbocycles. The van der Waals surface area contributed by atoms with Crippen molar-refractivity contribution in [3.05, 3.63) is 0 Å². The summed E-state index contributed by atoms with van der Waals surface area (Å²) in [6.07, 6.45) is 3.52. The lowest BCUT2D eigenvalue weighted by Gasteiger charge is -2.20. The van der Waals surface area contributed by atoms with E-state index in [0.29, 0.717) is 0 Å². The summed E-state index contributed by atoms with van der Waals surface area (Å²) in [5.74, 6) is -0.376. The van der Waals surface area contributed by atoms with Gasteiger partial charge in [-0.05, 0) is 19.4 Å². The van der Waals surface area contributed by atoms with Gasteiger partial charge in [-0.2, -0.15) is 0 Å². The molecule has 0 spiro atoms. The van der Waals surface area contributed by atoms with Crippen LogP contribution in [0.2, 0.25) is 0 Å². The van der Waals surface area contributed by atoms with Crippen molar-refractivity contribution in [2.75, 3.05) is 12.8 Å². The van der Waals surface area contributed by atoms with Crippen molar-refractivity contribution in [3.8, 4) is 0 Å². The van der Waals surface area contributed by atoms with Gasteiger partial charge in [0.1, 0.15) is 0 Å². The Morgan fingerprint density at radius 3 is 2.75 bits per heavy atom. The molecule has 0 bridgehead atoms. The van der Waals surface area contributed by atoms with E-state index in [1.54, 1.807) is 0 Å². The van der Waals surface area contributed by atoms with Gasteiger partial charge < -0.3 is 5.32 Å². The van der Waals surface area contributed by atoms with Crippen LogP contribution in [0, 0.1) is 5.92 Å². The molecule has 2 aliphatic heterocycles. The quantitative estimate of drug-likeness (QED) is 0.757. The Kier molecular flexibility index (Phi) is 2.96. The molecule has 3 atom stereocenters. The van der Waals surface area contributed by atoms with Gasteiger partial charge in [-0.3, -0.25) is 4.79 Å². The van der Waals surface area contributed by atoms with Crippen molar-refractivity contribution in [1.82, 2.24) is 9.62 Å². The van der Waals surface area contributed by atoms with E-state index in [-0.39, 0.29) is 23.9 Å². The number of rotatable bonds is 3. The summed E-state index contributed by atoms with van der Waals surface area (Å²) >= 11 is 0. The molecule has 0 unspecified atom stereocenters. The molecule has 2 rings (SSSR count). The molecule has 0 aromatic heterocycles. The molecule has 1 amide bonds. The largest absolute Gasteiger partial charge is 0.311 e. The van der Waals surface area contributed by atoms with Crippen molar-refractivity contribution in [1.29, 1.82) is 0 Å². The predicted molar refractivity (Wildman–Crippen MR) is 60.3 cm³/mol. The van der Waals surface area contributed by atoms with Crippen LogP contribution in [0.4, 0.5) is 0 Å². The van der Waals surface area contributed by atoms with E-state index in [1.807, 2.05) is 6.92 Å². The number of fused-ring (bicyclic) bond motifs is 1. The highest BCUT2D eigenvalue weighted by Gasteiger charge is 2.52. The molecule has 2 fully saturated rings. The zero-order chi connectivity index (χ0) is 11.9. The van der Waals surface area contributed by atoms with Crippen LogP contribution < -0.4 is 5.32 Å². The second-order valence-corrected chi connectivity index (χ2v) is 6.49. The molecule has 1 N–H and O–H groups in total. The number of amides is 1. The smallest absolute Gasteiger partial charge is 0.241 e. The van der Waals surface area contributed by atoms with Crippen LogP contribution in [-0.4, -0.2) is 43.5 Å². The molecule has 0 saturated carbocycles. The van der Waals surface area contributed by atoms with Gasteiger partial charge in [-0.25, -0.2) is 12.7 Å². The van der Waals surface area contributed by atoms with E-state index in [2.05, 4.69) is 5.32 Å². The minimum Gasteiger partial charge on any atom is -0.311 e. The third-order valence-corrected chi connectivity index (χ3v) is 4.63. The molecule has 16 heavy (non-hydrogen) atoms. The highest BCUT2D eigenvalue weighted by molar-refractivity contribution is 7.88. The maximum absolute atomic E-state index is 12.1. The monoisotopic (exact) mass is 246 g/mol. The third-order valence-electron chi connectivity index (χ3n) is 3.46. The molecule has 6 heteroatoms. The number of hydrogen-bond donors (Lipinski definition) is 1. The minimum atomic E-state index is -3.41. The highest BCUT2D eigenvalue weighted by atomic mass is 32.2. The summed E-state index contributed by atoms with van der Waals surface area (Å²) < 4.78 is 24.3. The first-order chi connectivity index (χ1) is 7.46. The van der Waals surface area contributed by atoms with Gasteiger partial charge in [0.05, 0.1) is 18.2 Å². The number of nitrogens with one attached hydrogen (secondary N) is 1. The predicted octanol–water partition coefficient (Wildman–Crippen LogP) is -0.0650. The topological polar surface area (TPSA) is 66.5 Å². The van der Waals surface area contributed by atoms with Gasteiger partial charge in [-0.15, -0.1) is 0 Å². The Morgan fingerprint density at radius 1 is 1.50 bits per heavy atom. The van der Waals surface area contributed by atoms with Crippen LogP contribution in [0.1, 0.15) is 26.2 Å². The van der Waals surface area contributed by atoms with Gasteiger partial charge in [0.2, 0.25) is 15.9 Å². The second kappa shape index (κ2) is 4.00.